The number of hydrogen-bond acceptors (Lipinski definition) is 4. The van der Waals surface area contributed by atoms with Crippen molar-refractivity contribution in [3.05, 3.63) is 16.3 Å². The molecule has 0 aliphatic carbocycles. The van der Waals surface area contributed by atoms with Crippen molar-refractivity contribution in [2.24, 2.45) is 5.92 Å². The van der Waals surface area contributed by atoms with Crippen LogP contribution in [-0.4, -0.2) is 43.1 Å². The van der Waals surface area contributed by atoms with E-state index in [9.17, 15) is 26.4 Å². The molecule has 0 aromatic carbocycles. The Balaban J connectivity index is 2.31. The summed E-state index contributed by atoms with van der Waals surface area (Å²) in [6.07, 6.45) is -4.49. The van der Waals surface area contributed by atoms with Crippen LogP contribution in [0.1, 0.15) is 22.5 Å². The van der Waals surface area contributed by atoms with Crippen LogP contribution in [0.4, 0.5) is 13.2 Å². The zero-order valence-electron chi connectivity index (χ0n) is 10.6. The summed E-state index contributed by atoms with van der Waals surface area (Å²) in [7, 11) is -4.22. The third kappa shape index (κ3) is 3.22. The molecular weight excluding hydrogens is 331 g/mol. The molecule has 10 heteroatoms. The molecule has 2 heterocycles. The molecule has 1 N–H and O–H groups in total. The number of thiophene rings is 1. The average Bonchev–Trinajstić information content (AvgIpc) is 2.88. The van der Waals surface area contributed by atoms with E-state index in [1.807, 2.05) is 0 Å². The van der Waals surface area contributed by atoms with E-state index in [4.69, 9.17) is 5.11 Å². The van der Waals surface area contributed by atoms with Crippen LogP contribution in [0.15, 0.2) is 16.3 Å². The lowest BCUT2D eigenvalue weighted by Crippen LogP contribution is -2.44. The van der Waals surface area contributed by atoms with Gasteiger partial charge < -0.3 is 5.11 Å². The summed E-state index contributed by atoms with van der Waals surface area (Å²) in [5.41, 5.74) is 0. The molecule has 2 rings (SSSR count). The Hall–Kier alpha value is -1.13. The van der Waals surface area contributed by atoms with Crippen LogP contribution in [-0.2, 0) is 10.0 Å². The van der Waals surface area contributed by atoms with Gasteiger partial charge in [0.05, 0.1) is 5.92 Å². The zero-order valence-corrected chi connectivity index (χ0v) is 12.3. The number of rotatable bonds is 3. The topological polar surface area (TPSA) is 74.7 Å². The lowest BCUT2D eigenvalue weighted by molar-refractivity contribution is -0.182. The quantitative estimate of drug-likeness (QED) is 0.915. The molecule has 0 saturated carbocycles. The van der Waals surface area contributed by atoms with Gasteiger partial charge in [0.15, 0.2) is 0 Å². The Morgan fingerprint density at radius 3 is 2.67 bits per heavy atom. The molecule has 1 atom stereocenters. The van der Waals surface area contributed by atoms with E-state index in [1.165, 1.54) is 5.38 Å². The SMILES string of the molecule is O=C(O)c1sccc1S(=O)(=O)N1CCCC(C(F)(F)F)C1. The van der Waals surface area contributed by atoms with E-state index >= 15 is 0 Å². The van der Waals surface area contributed by atoms with Crippen LogP contribution in [0.3, 0.4) is 0 Å². The van der Waals surface area contributed by atoms with Gasteiger partial charge in [0, 0.05) is 13.1 Å². The van der Waals surface area contributed by atoms with Crippen molar-refractivity contribution in [1.29, 1.82) is 0 Å². The first-order valence-corrected chi connectivity index (χ1v) is 8.33. The van der Waals surface area contributed by atoms with Crippen molar-refractivity contribution < 1.29 is 31.5 Å². The van der Waals surface area contributed by atoms with E-state index in [1.54, 1.807) is 0 Å². The number of halogens is 3. The summed E-state index contributed by atoms with van der Waals surface area (Å²) in [5, 5.41) is 10.2. The molecule has 1 unspecified atom stereocenters. The fourth-order valence-corrected chi connectivity index (χ4v) is 4.98. The first kappa shape index (κ1) is 16.2. The molecule has 1 aromatic rings. The molecule has 118 valence electrons. The van der Waals surface area contributed by atoms with Crippen molar-refractivity contribution in [3.8, 4) is 0 Å². The molecule has 0 spiro atoms. The van der Waals surface area contributed by atoms with E-state index in [2.05, 4.69) is 0 Å². The lowest BCUT2D eigenvalue weighted by Gasteiger charge is -2.32. The van der Waals surface area contributed by atoms with Crippen molar-refractivity contribution in [1.82, 2.24) is 4.31 Å². The highest BCUT2D eigenvalue weighted by Gasteiger charge is 2.44. The fourth-order valence-electron chi connectivity index (χ4n) is 2.22. The van der Waals surface area contributed by atoms with Gasteiger partial charge in [-0.1, -0.05) is 0 Å². The summed E-state index contributed by atoms with van der Waals surface area (Å²) >= 11 is 0.727. The number of nitrogens with zero attached hydrogens (tertiary/aromatic N) is 1. The van der Waals surface area contributed by atoms with Gasteiger partial charge in [-0.3, -0.25) is 0 Å². The third-order valence-electron chi connectivity index (χ3n) is 3.29. The van der Waals surface area contributed by atoms with Crippen molar-refractivity contribution >= 4 is 27.3 Å². The molecule has 1 aromatic heterocycles. The standard InChI is InChI=1S/C11H12F3NO4S2/c12-11(13,14)7-2-1-4-15(6-7)21(18,19)8-3-5-20-9(8)10(16)17/h3,5,7H,1-2,4,6H2,(H,16,17). The first-order chi connectivity index (χ1) is 9.64. The Morgan fingerprint density at radius 1 is 1.43 bits per heavy atom. The second-order valence-corrected chi connectivity index (χ2v) is 7.49. The van der Waals surface area contributed by atoms with Crippen LogP contribution >= 0.6 is 11.3 Å². The number of carboxylic acids is 1. The molecule has 21 heavy (non-hydrogen) atoms. The second-order valence-electron chi connectivity index (χ2n) is 4.66. The van der Waals surface area contributed by atoms with Gasteiger partial charge in [0.1, 0.15) is 9.77 Å². The number of sulfonamides is 1. The van der Waals surface area contributed by atoms with E-state index < -0.39 is 39.5 Å². The van der Waals surface area contributed by atoms with Crippen LogP contribution in [0.5, 0.6) is 0 Å². The minimum absolute atomic E-state index is 0.0379. The molecule has 1 aliphatic rings. The minimum Gasteiger partial charge on any atom is -0.477 e. The number of aromatic carboxylic acids is 1. The maximum atomic E-state index is 12.7. The minimum atomic E-state index is -4.46. The van der Waals surface area contributed by atoms with Gasteiger partial charge in [0.2, 0.25) is 10.0 Å². The van der Waals surface area contributed by atoms with Crippen molar-refractivity contribution in [3.63, 3.8) is 0 Å². The Morgan fingerprint density at radius 2 is 2.10 bits per heavy atom. The summed E-state index contributed by atoms with van der Waals surface area (Å²) in [4.78, 5) is 10.2. The Kier molecular flexibility index (Phi) is 4.31. The first-order valence-electron chi connectivity index (χ1n) is 6.01. The zero-order chi connectivity index (χ0) is 15.8. The van der Waals surface area contributed by atoms with Gasteiger partial charge in [0.25, 0.3) is 0 Å². The van der Waals surface area contributed by atoms with Crippen molar-refractivity contribution in [2.75, 3.05) is 13.1 Å². The maximum absolute atomic E-state index is 12.7. The monoisotopic (exact) mass is 343 g/mol. The van der Waals surface area contributed by atoms with Gasteiger partial charge >= 0.3 is 12.1 Å². The molecule has 0 amide bonds. The normalized spacial score (nSPS) is 21.4. The molecule has 0 radical (unpaired) electrons. The molecule has 0 bridgehead atoms. The molecule has 1 saturated heterocycles. The summed E-state index contributed by atoms with van der Waals surface area (Å²) < 4.78 is 63.6. The van der Waals surface area contributed by atoms with Gasteiger partial charge in [-0.15, -0.1) is 11.3 Å². The van der Waals surface area contributed by atoms with Crippen LogP contribution in [0, 0.1) is 5.92 Å². The number of carbonyl (C=O) groups is 1. The molecule has 5 nitrogen and oxygen atoms in total. The highest BCUT2D eigenvalue weighted by molar-refractivity contribution is 7.89. The second kappa shape index (κ2) is 5.58. The molecule has 1 fully saturated rings. The van der Waals surface area contributed by atoms with Crippen LogP contribution < -0.4 is 0 Å². The van der Waals surface area contributed by atoms with E-state index in [0.29, 0.717) is 0 Å². The molecule has 1 aliphatic heterocycles. The highest BCUT2D eigenvalue weighted by Crippen LogP contribution is 2.35. The number of hydrogen-bond donors (Lipinski definition) is 1. The number of piperidine rings is 1. The van der Waals surface area contributed by atoms with Crippen molar-refractivity contribution in [2.45, 2.75) is 23.9 Å². The summed E-state index contributed by atoms with van der Waals surface area (Å²) in [6, 6.07) is 1.11. The predicted octanol–water partition coefficient (Wildman–Crippen LogP) is 2.41. The number of carboxylic acid groups (broad SMARTS) is 1. The smallest absolute Gasteiger partial charge is 0.393 e. The van der Waals surface area contributed by atoms with Gasteiger partial charge in [-0.05, 0) is 24.3 Å². The third-order valence-corrected chi connectivity index (χ3v) is 6.23. The predicted molar refractivity (Wildman–Crippen MR) is 68.8 cm³/mol. The molecular formula is C11H12F3NO4S2. The van der Waals surface area contributed by atoms with Gasteiger partial charge in [-0.2, -0.15) is 17.5 Å². The van der Waals surface area contributed by atoms with E-state index in [0.717, 1.165) is 21.7 Å². The Bertz CT molecular complexity index is 638. The largest absolute Gasteiger partial charge is 0.477 e. The highest BCUT2D eigenvalue weighted by atomic mass is 32.2. The maximum Gasteiger partial charge on any atom is 0.393 e. The Labute approximate surface area is 123 Å². The van der Waals surface area contributed by atoms with Crippen LogP contribution in [0.25, 0.3) is 0 Å². The van der Waals surface area contributed by atoms with E-state index in [-0.39, 0.29) is 24.3 Å². The average molecular weight is 343 g/mol. The lowest BCUT2D eigenvalue weighted by atomic mass is 9.99. The summed E-state index contributed by atoms with van der Waals surface area (Å²) in [6.45, 7) is -0.704. The number of alkyl halides is 3. The fraction of sp³-hybridized carbons (Fsp3) is 0.545. The van der Waals surface area contributed by atoms with Gasteiger partial charge in [-0.25, -0.2) is 13.2 Å². The van der Waals surface area contributed by atoms with Crippen LogP contribution in [0.2, 0.25) is 0 Å². The summed E-state index contributed by atoms with van der Waals surface area (Å²) in [5.74, 6) is -3.12.